The maximum Gasteiger partial charge on any atom is 0.0726 e. The number of para-hydroxylation sites is 1. The summed E-state index contributed by atoms with van der Waals surface area (Å²) in [4.78, 5) is 2.45. The van der Waals surface area contributed by atoms with Gasteiger partial charge in [-0.1, -0.05) is 201 Å². The van der Waals surface area contributed by atoms with Crippen LogP contribution in [-0.2, 0) is 21.7 Å². The van der Waals surface area contributed by atoms with Crippen LogP contribution in [0.1, 0.15) is 104 Å². The van der Waals surface area contributed by atoms with Gasteiger partial charge in [0.05, 0.1) is 11.1 Å². The fourth-order valence-corrected chi connectivity index (χ4v) is 11.0. The average Bonchev–Trinajstić information content (AvgIpc) is 3.84. The first kappa shape index (κ1) is 34.3. The molecule has 1 atom stereocenters. The molecule has 3 aliphatic rings. The highest BCUT2D eigenvalue weighted by molar-refractivity contribution is 5.98. The van der Waals surface area contributed by atoms with Crippen molar-refractivity contribution in [2.45, 2.75) is 77.0 Å². The molecule has 0 bridgehead atoms. The zero-order valence-electron chi connectivity index (χ0n) is 39.2. The van der Waals surface area contributed by atoms with Crippen LogP contribution in [-0.4, -0.2) is 0 Å². The Balaban J connectivity index is 1.18. The molecule has 0 radical (unpaired) electrons. The molecule has 0 amide bonds. The normalized spacial score (nSPS) is 17.3. The van der Waals surface area contributed by atoms with Gasteiger partial charge in [-0.3, -0.25) is 0 Å². The number of rotatable bonds is 4. The molecule has 1 nitrogen and oxygen atoms in total. The summed E-state index contributed by atoms with van der Waals surface area (Å²) in [6.45, 7) is 13.1. The highest BCUT2D eigenvalue weighted by Crippen LogP contribution is 2.64. The van der Waals surface area contributed by atoms with Crippen LogP contribution in [0.15, 0.2) is 176 Å². The van der Waals surface area contributed by atoms with Crippen molar-refractivity contribution in [1.82, 2.24) is 0 Å². The summed E-state index contributed by atoms with van der Waals surface area (Å²) >= 11 is 0. The average molecular weight is 791 g/mol. The van der Waals surface area contributed by atoms with Crippen molar-refractivity contribution in [3.8, 4) is 44.5 Å². The molecule has 3 aliphatic carbocycles. The van der Waals surface area contributed by atoms with Gasteiger partial charge in [0.1, 0.15) is 0 Å². The van der Waals surface area contributed by atoms with Crippen molar-refractivity contribution in [2.24, 2.45) is 0 Å². The van der Waals surface area contributed by atoms with Crippen LogP contribution < -0.4 is 4.90 Å². The van der Waals surface area contributed by atoms with Crippen molar-refractivity contribution in [1.29, 1.82) is 0 Å². The van der Waals surface area contributed by atoms with E-state index in [0.717, 1.165) is 33.8 Å². The predicted octanol–water partition coefficient (Wildman–Crippen LogP) is 16.1. The fourth-order valence-electron chi connectivity index (χ4n) is 11.0. The number of hydrogen-bond donors (Lipinski definition) is 0. The van der Waals surface area contributed by atoms with Crippen molar-refractivity contribution in [2.75, 3.05) is 4.90 Å². The summed E-state index contributed by atoms with van der Waals surface area (Å²) < 4.78 is 24.9. The Bertz CT molecular complexity index is 3180. The Morgan fingerprint density at radius 2 is 0.869 bits per heavy atom. The summed E-state index contributed by atoms with van der Waals surface area (Å²) in [5.41, 5.74) is 21.3. The summed E-state index contributed by atoms with van der Waals surface area (Å²) in [5, 5.41) is 0. The fraction of sp³-hybridized carbons (Fsp3) is 0.200. The Hall–Kier alpha value is -6.44. The smallest absolute Gasteiger partial charge is 0.0726 e. The Kier molecular flexibility index (Phi) is 7.33. The highest BCUT2D eigenvalue weighted by atomic mass is 15.1. The van der Waals surface area contributed by atoms with Crippen LogP contribution >= 0.6 is 0 Å². The van der Waals surface area contributed by atoms with E-state index < -0.39 is 17.7 Å². The summed E-state index contributed by atoms with van der Waals surface area (Å²) in [5.74, 6) is 0. The molecule has 0 fully saturated rings. The SMILES string of the molecule is [2H]C([2H])([2H])C(C)(C)c1ccc(-c2ccccc2N(c2ccc3c(c2)-c2ccccc2C3(C)C)c2ccc3c(c2)C2(c4ccccc4-3)c3ccccc3-c3ccc(C(C)(C)C)cc32)cc1. The van der Waals surface area contributed by atoms with E-state index in [1.54, 1.807) is 0 Å². The minimum atomic E-state index is -2.14. The second-order valence-corrected chi connectivity index (χ2v) is 19.5. The number of fused-ring (bicyclic) bond motifs is 13. The van der Waals surface area contributed by atoms with E-state index in [4.69, 9.17) is 4.11 Å². The van der Waals surface area contributed by atoms with Crippen molar-refractivity contribution in [3.05, 3.63) is 220 Å². The van der Waals surface area contributed by atoms with Crippen LogP contribution in [0.25, 0.3) is 44.5 Å². The topological polar surface area (TPSA) is 3.24 Å². The molecule has 0 N–H and O–H groups in total. The van der Waals surface area contributed by atoms with E-state index in [1.807, 2.05) is 26.0 Å². The lowest BCUT2D eigenvalue weighted by Crippen LogP contribution is -2.27. The van der Waals surface area contributed by atoms with Crippen LogP contribution in [0.3, 0.4) is 0 Å². The van der Waals surface area contributed by atoms with E-state index in [1.165, 1.54) is 72.3 Å². The van der Waals surface area contributed by atoms with Gasteiger partial charge in [0.25, 0.3) is 0 Å². The number of nitrogens with zero attached hydrogens (tertiary/aromatic N) is 1. The summed E-state index contributed by atoms with van der Waals surface area (Å²) in [6.07, 6.45) is 0. The number of benzene rings is 8. The lowest BCUT2D eigenvalue weighted by molar-refractivity contribution is 0.588. The molecule has 0 aliphatic heterocycles. The third kappa shape index (κ3) is 5.39. The van der Waals surface area contributed by atoms with Gasteiger partial charge in [-0.2, -0.15) is 0 Å². The number of anilines is 3. The Morgan fingerprint density at radius 1 is 0.393 bits per heavy atom. The molecule has 61 heavy (non-hydrogen) atoms. The monoisotopic (exact) mass is 790 g/mol. The molecule has 0 aromatic heterocycles. The van der Waals surface area contributed by atoms with Crippen LogP contribution in [0.2, 0.25) is 0 Å². The quantitative estimate of drug-likeness (QED) is 0.172. The second-order valence-electron chi connectivity index (χ2n) is 19.5. The molecule has 1 heteroatoms. The lowest BCUT2D eigenvalue weighted by atomic mass is 9.69. The minimum Gasteiger partial charge on any atom is -0.310 e. The standard InChI is InChI=1S/C60H53N/c1-57(2,3)39-27-25-38(26-28-39)43-17-12-16-24-56(43)61(41-31-34-51-49(36-41)46-20-9-13-21-50(46)59(51,7)8)42-30-33-48-45-19-11-15-23-53(45)60(55(48)37-42)52-22-14-10-18-44(52)47-32-29-40(35-54(47)60)58(4,5)6/h9-37H,1-8H3/i1D3. The van der Waals surface area contributed by atoms with Gasteiger partial charge >= 0.3 is 0 Å². The van der Waals surface area contributed by atoms with Gasteiger partial charge in [-0.15, -0.1) is 0 Å². The lowest BCUT2D eigenvalue weighted by Gasteiger charge is -2.33. The summed E-state index contributed by atoms with van der Waals surface area (Å²) in [6, 6.07) is 65.2. The first-order valence-electron chi connectivity index (χ1n) is 23.3. The molecule has 8 aromatic rings. The van der Waals surface area contributed by atoms with Crippen molar-refractivity contribution < 1.29 is 4.11 Å². The maximum atomic E-state index is 8.29. The number of hydrogen-bond acceptors (Lipinski definition) is 1. The van der Waals surface area contributed by atoms with Gasteiger partial charge in [0, 0.05) is 26.5 Å². The van der Waals surface area contributed by atoms with Crippen molar-refractivity contribution >= 4 is 17.1 Å². The molecule has 8 aromatic carbocycles. The Labute approximate surface area is 366 Å². The molecule has 0 heterocycles. The van der Waals surface area contributed by atoms with Gasteiger partial charge in [-0.25, -0.2) is 0 Å². The van der Waals surface area contributed by atoms with Crippen LogP contribution in [0.4, 0.5) is 17.1 Å². The van der Waals surface area contributed by atoms with E-state index in [9.17, 15) is 0 Å². The van der Waals surface area contributed by atoms with E-state index in [-0.39, 0.29) is 10.8 Å². The zero-order valence-corrected chi connectivity index (χ0v) is 36.2. The first-order valence-corrected chi connectivity index (χ1v) is 21.8. The van der Waals surface area contributed by atoms with Gasteiger partial charge in [0.2, 0.25) is 0 Å². The van der Waals surface area contributed by atoms with Gasteiger partial charge < -0.3 is 4.90 Å². The van der Waals surface area contributed by atoms with E-state index in [2.05, 4.69) is 203 Å². The maximum absolute atomic E-state index is 8.29. The Morgan fingerprint density at radius 3 is 1.51 bits per heavy atom. The molecule has 1 spiro atoms. The molecule has 11 rings (SSSR count). The molecular formula is C60H53N. The van der Waals surface area contributed by atoms with Gasteiger partial charge in [-0.05, 0) is 125 Å². The highest BCUT2D eigenvalue weighted by Gasteiger charge is 2.52. The predicted molar refractivity (Wildman–Crippen MR) is 258 cm³/mol. The van der Waals surface area contributed by atoms with Crippen molar-refractivity contribution in [3.63, 3.8) is 0 Å². The molecule has 0 saturated carbocycles. The molecular weight excluding hydrogens is 735 g/mol. The zero-order chi connectivity index (χ0) is 44.6. The molecule has 298 valence electrons. The van der Waals surface area contributed by atoms with E-state index in [0.29, 0.717) is 0 Å². The first-order chi connectivity index (χ1) is 30.5. The third-order valence-corrected chi connectivity index (χ3v) is 14.1. The van der Waals surface area contributed by atoms with E-state index >= 15 is 0 Å². The third-order valence-electron chi connectivity index (χ3n) is 14.1. The largest absolute Gasteiger partial charge is 0.310 e. The van der Waals surface area contributed by atoms with Gasteiger partial charge in [0.15, 0.2) is 0 Å². The molecule has 1 unspecified atom stereocenters. The van der Waals surface area contributed by atoms with Crippen LogP contribution in [0, 0.1) is 0 Å². The summed E-state index contributed by atoms with van der Waals surface area (Å²) in [7, 11) is 0. The minimum absolute atomic E-state index is 0.0320. The molecule has 0 saturated heterocycles. The second kappa shape index (κ2) is 13.0. The van der Waals surface area contributed by atoms with Crippen LogP contribution in [0.5, 0.6) is 0 Å².